The molecule has 1 unspecified atom stereocenters. The number of carboxylic acids is 1. The lowest BCUT2D eigenvalue weighted by Gasteiger charge is -2.32. The van der Waals surface area contributed by atoms with Crippen molar-refractivity contribution in [3.8, 4) is 0 Å². The summed E-state index contributed by atoms with van der Waals surface area (Å²) >= 11 is 0. The highest BCUT2D eigenvalue weighted by molar-refractivity contribution is 5.67. The molecular weight excluding hydrogens is 252 g/mol. The van der Waals surface area contributed by atoms with Gasteiger partial charge in [0.15, 0.2) is 0 Å². The van der Waals surface area contributed by atoms with Crippen molar-refractivity contribution in [3.05, 3.63) is 0 Å². The number of aliphatic hydroxyl groups is 1. The van der Waals surface area contributed by atoms with Gasteiger partial charge in [-0.2, -0.15) is 0 Å². The minimum atomic E-state index is -1.01. The third-order valence-corrected chi connectivity index (χ3v) is 3.07. The summed E-state index contributed by atoms with van der Waals surface area (Å²) in [5.74, 6) is -1.01. The fourth-order valence-electron chi connectivity index (χ4n) is 2.06. The fourth-order valence-corrected chi connectivity index (χ4v) is 2.06. The van der Waals surface area contributed by atoms with E-state index in [9.17, 15) is 14.7 Å². The van der Waals surface area contributed by atoms with Crippen LogP contribution in [0, 0.1) is 0 Å². The molecular formula is C12H22N2O5. The molecule has 0 aromatic carbocycles. The number of amides is 1. The molecule has 0 saturated carbocycles. The summed E-state index contributed by atoms with van der Waals surface area (Å²) in [4.78, 5) is 23.5. The van der Waals surface area contributed by atoms with Gasteiger partial charge < -0.3 is 25.2 Å². The summed E-state index contributed by atoms with van der Waals surface area (Å²) in [5.41, 5.74) is 0. The van der Waals surface area contributed by atoms with E-state index in [0.717, 1.165) is 12.8 Å². The van der Waals surface area contributed by atoms with Crippen LogP contribution >= 0.6 is 0 Å². The van der Waals surface area contributed by atoms with Gasteiger partial charge >= 0.3 is 12.1 Å². The molecule has 110 valence electrons. The Balaban J connectivity index is 2.19. The van der Waals surface area contributed by atoms with Gasteiger partial charge in [0, 0.05) is 25.7 Å². The molecule has 0 aromatic rings. The monoisotopic (exact) mass is 274 g/mol. The molecule has 1 rings (SSSR count). The Morgan fingerprint density at radius 2 is 2.05 bits per heavy atom. The number of likely N-dealkylation sites (tertiary alicyclic amines) is 1. The van der Waals surface area contributed by atoms with Crippen LogP contribution in [0.4, 0.5) is 4.79 Å². The van der Waals surface area contributed by atoms with Gasteiger partial charge in [0.25, 0.3) is 0 Å². The lowest BCUT2D eigenvalue weighted by Crippen LogP contribution is -2.46. The second-order valence-corrected chi connectivity index (χ2v) is 4.62. The second-order valence-electron chi connectivity index (χ2n) is 4.62. The minimum absolute atomic E-state index is 0.203. The number of carboxylic acid groups (broad SMARTS) is 1. The normalized spacial score (nSPS) is 18.1. The molecule has 7 nitrogen and oxygen atoms in total. The fraction of sp³-hybridized carbons (Fsp3) is 0.833. The molecule has 19 heavy (non-hydrogen) atoms. The van der Waals surface area contributed by atoms with Gasteiger partial charge in [0.2, 0.25) is 0 Å². The highest BCUT2D eigenvalue weighted by Gasteiger charge is 2.23. The molecule has 1 heterocycles. The van der Waals surface area contributed by atoms with E-state index in [1.165, 1.54) is 0 Å². The van der Waals surface area contributed by atoms with E-state index in [4.69, 9.17) is 9.84 Å². The van der Waals surface area contributed by atoms with Gasteiger partial charge in [-0.05, 0) is 19.8 Å². The zero-order chi connectivity index (χ0) is 14.3. The molecule has 0 spiro atoms. The maximum Gasteiger partial charge on any atom is 0.409 e. The average Bonchev–Trinajstić information content (AvgIpc) is 2.36. The first-order chi connectivity index (χ1) is 9.02. The molecule has 7 heteroatoms. The lowest BCUT2D eigenvalue weighted by atomic mass is 10.1. The highest BCUT2D eigenvalue weighted by atomic mass is 16.6. The van der Waals surface area contributed by atoms with Crippen LogP contribution in [0.25, 0.3) is 0 Å². The summed E-state index contributed by atoms with van der Waals surface area (Å²) in [6, 6.07) is 0.203. The second kappa shape index (κ2) is 7.96. The quantitative estimate of drug-likeness (QED) is 0.632. The van der Waals surface area contributed by atoms with Crippen molar-refractivity contribution in [2.24, 2.45) is 0 Å². The van der Waals surface area contributed by atoms with Gasteiger partial charge in [-0.15, -0.1) is 0 Å². The molecule has 0 bridgehead atoms. The number of carbonyl (C=O) groups is 2. The van der Waals surface area contributed by atoms with Crippen LogP contribution in [0.15, 0.2) is 0 Å². The van der Waals surface area contributed by atoms with Crippen molar-refractivity contribution in [2.75, 3.05) is 26.2 Å². The molecule has 1 aliphatic heterocycles. The van der Waals surface area contributed by atoms with Crippen molar-refractivity contribution in [1.82, 2.24) is 10.2 Å². The standard InChI is InChI=1S/C12H22N2O5/c1-2-19-12(18)14-5-3-9(4-6-14)13-8-10(15)7-11(16)17/h9-10,13,15H,2-8H2,1H3,(H,16,17). The van der Waals surface area contributed by atoms with Crippen LogP contribution in [0.3, 0.4) is 0 Å². The molecule has 1 atom stereocenters. The van der Waals surface area contributed by atoms with E-state index < -0.39 is 12.1 Å². The van der Waals surface area contributed by atoms with E-state index in [1.807, 2.05) is 0 Å². The minimum Gasteiger partial charge on any atom is -0.481 e. The number of piperidine rings is 1. The smallest absolute Gasteiger partial charge is 0.409 e. The molecule has 0 aromatic heterocycles. The maximum absolute atomic E-state index is 11.5. The number of carbonyl (C=O) groups excluding carboxylic acids is 1. The Bertz CT molecular complexity index is 302. The Kier molecular flexibility index (Phi) is 6.58. The van der Waals surface area contributed by atoms with Crippen LogP contribution in [-0.4, -0.2) is 65.6 Å². The number of nitrogens with zero attached hydrogens (tertiary/aromatic N) is 1. The van der Waals surface area contributed by atoms with Crippen molar-refractivity contribution in [1.29, 1.82) is 0 Å². The highest BCUT2D eigenvalue weighted by Crippen LogP contribution is 2.11. The molecule has 1 amide bonds. The van der Waals surface area contributed by atoms with Gasteiger partial charge in [0.05, 0.1) is 19.1 Å². The predicted molar refractivity (Wildman–Crippen MR) is 67.9 cm³/mol. The average molecular weight is 274 g/mol. The molecule has 0 aliphatic carbocycles. The SMILES string of the molecule is CCOC(=O)N1CCC(NCC(O)CC(=O)O)CC1. The van der Waals surface area contributed by atoms with E-state index in [-0.39, 0.29) is 25.1 Å². The van der Waals surface area contributed by atoms with Crippen LogP contribution < -0.4 is 5.32 Å². The van der Waals surface area contributed by atoms with Crippen LogP contribution in [0.5, 0.6) is 0 Å². The summed E-state index contributed by atoms with van der Waals surface area (Å²) in [5, 5.41) is 21.1. The first-order valence-corrected chi connectivity index (χ1v) is 6.57. The number of hydrogen-bond donors (Lipinski definition) is 3. The number of ether oxygens (including phenoxy) is 1. The van der Waals surface area contributed by atoms with Crippen LogP contribution in [-0.2, 0) is 9.53 Å². The maximum atomic E-state index is 11.5. The van der Waals surface area contributed by atoms with Gasteiger partial charge in [-0.1, -0.05) is 0 Å². The number of hydrogen-bond acceptors (Lipinski definition) is 5. The van der Waals surface area contributed by atoms with Crippen molar-refractivity contribution in [3.63, 3.8) is 0 Å². The first kappa shape index (κ1) is 15.7. The Hall–Kier alpha value is -1.34. The number of aliphatic carboxylic acids is 1. The first-order valence-electron chi connectivity index (χ1n) is 6.57. The summed E-state index contributed by atoms with van der Waals surface area (Å²) < 4.78 is 4.92. The summed E-state index contributed by atoms with van der Waals surface area (Å²) in [7, 11) is 0. The van der Waals surface area contributed by atoms with Crippen LogP contribution in [0.1, 0.15) is 26.2 Å². The lowest BCUT2D eigenvalue weighted by molar-refractivity contribution is -0.139. The van der Waals surface area contributed by atoms with E-state index in [2.05, 4.69) is 5.32 Å². The van der Waals surface area contributed by atoms with Crippen molar-refractivity contribution < 1.29 is 24.5 Å². The van der Waals surface area contributed by atoms with E-state index in [0.29, 0.717) is 19.7 Å². The topological polar surface area (TPSA) is 99.1 Å². The Labute approximate surface area is 112 Å². The summed E-state index contributed by atoms with van der Waals surface area (Å²) in [6.07, 6.45) is 0.138. The number of rotatable bonds is 6. The third kappa shape index (κ3) is 5.89. The molecule has 3 N–H and O–H groups in total. The summed E-state index contributed by atoms with van der Waals surface area (Å²) in [6.45, 7) is 3.64. The Morgan fingerprint density at radius 3 is 2.58 bits per heavy atom. The number of nitrogens with one attached hydrogen (secondary N) is 1. The van der Waals surface area contributed by atoms with Crippen LogP contribution in [0.2, 0.25) is 0 Å². The number of aliphatic hydroxyl groups excluding tert-OH is 1. The van der Waals surface area contributed by atoms with Gasteiger partial charge in [-0.25, -0.2) is 4.79 Å². The Morgan fingerprint density at radius 1 is 1.42 bits per heavy atom. The van der Waals surface area contributed by atoms with Gasteiger partial charge in [-0.3, -0.25) is 4.79 Å². The predicted octanol–water partition coefficient (Wildman–Crippen LogP) is 0.0325. The molecule has 1 aliphatic rings. The molecule has 0 radical (unpaired) electrons. The zero-order valence-electron chi connectivity index (χ0n) is 11.2. The van der Waals surface area contributed by atoms with E-state index >= 15 is 0 Å². The molecule has 1 saturated heterocycles. The van der Waals surface area contributed by atoms with Gasteiger partial charge in [0.1, 0.15) is 0 Å². The zero-order valence-corrected chi connectivity index (χ0v) is 11.2. The molecule has 1 fully saturated rings. The van der Waals surface area contributed by atoms with E-state index in [1.54, 1.807) is 11.8 Å². The van der Waals surface area contributed by atoms with Crippen molar-refractivity contribution >= 4 is 12.1 Å². The van der Waals surface area contributed by atoms with Crippen molar-refractivity contribution in [2.45, 2.75) is 38.3 Å². The third-order valence-electron chi connectivity index (χ3n) is 3.07. The largest absolute Gasteiger partial charge is 0.481 e.